The Labute approximate surface area is 159 Å². The van der Waals surface area contributed by atoms with Gasteiger partial charge in [-0.15, -0.1) is 0 Å². The fourth-order valence-electron chi connectivity index (χ4n) is 3.48. The molecule has 0 atom stereocenters. The molecule has 0 aromatic carbocycles. The van der Waals surface area contributed by atoms with E-state index in [0.717, 1.165) is 24.8 Å². The number of hydrogen-bond acceptors (Lipinski definition) is 4. The Morgan fingerprint density at radius 2 is 2.04 bits per heavy atom. The number of fused-ring (bicyclic) bond motifs is 1. The van der Waals surface area contributed by atoms with E-state index in [1.54, 1.807) is 0 Å². The lowest BCUT2D eigenvalue weighted by Crippen LogP contribution is -2.53. The first-order valence-electron chi connectivity index (χ1n) is 8.06. The molecule has 0 radical (unpaired) electrons. The molecule has 1 aliphatic carbocycles. The Balaban J connectivity index is 1.98. The number of nitrogens with zero attached hydrogens (tertiary/aromatic N) is 4. The monoisotopic (exact) mass is 414 g/mol. The molecule has 0 saturated heterocycles. The van der Waals surface area contributed by atoms with Crippen molar-refractivity contribution in [3.05, 3.63) is 41.6 Å². The topological polar surface area (TPSA) is 80.9 Å². The summed E-state index contributed by atoms with van der Waals surface area (Å²) in [5, 5.41) is 9.45. The van der Waals surface area contributed by atoms with Crippen molar-refractivity contribution in [2.75, 3.05) is 0 Å². The van der Waals surface area contributed by atoms with Crippen molar-refractivity contribution in [1.29, 1.82) is 0 Å². The van der Waals surface area contributed by atoms with E-state index < -0.39 is 29.4 Å². The van der Waals surface area contributed by atoms with E-state index in [0.29, 0.717) is 0 Å². The zero-order valence-corrected chi connectivity index (χ0v) is 14.7. The zero-order valence-electron chi connectivity index (χ0n) is 13.9. The minimum Gasteiger partial charge on any atom is -0.479 e. The second-order valence-electron chi connectivity index (χ2n) is 6.54. The predicted molar refractivity (Wildman–Crippen MR) is 90.5 cm³/mol. The summed E-state index contributed by atoms with van der Waals surface area (Å²) >= 11 is 6.01. The quantitative estimate of drug-likeness (QED) is 0.516. The number of hydrogen-bond donors (Lipinski definition) is 1. The third-order valence-electron chi connectivity index (χ3n) is 4.87. The molecule has 4 rings (SSSR count). The number of carboxylic acid groups (broad SMARTS) is 1. The van der Waals surface area contributed by atoms with Crippen molar-refractivity contribution < 1.29 is 27.5 Å². The van der Waals surface area contributed by atoms with Crippen LogP contribution in [0.15, 0.2) is 30.9 Å². The summed E-state index contributed by atoms with van der Waals surface area (Å²) < 4.78 is 54.9. The van der Waals surface area contributed by atoms with Gasteiger partial charge in [0, 0.05) is 36.4 Å². The number of carbonyl (C=O) groups is 1. The van der Waals surface area contributed by atoms with Gasteiger partial charge in [-0.2, -0.15) is 13.2 Å². The maximum absolute atomic E-state index is 13.5. The highest BCUT2D eigenvalue weighted by molar-refractivity contribution is 6.30. The van der Waals surface area contributed by atoms with Gasteiger partial charge in [0.1, 0.15) is 22.4 Å². The molecule has 6 nitrogen and oxygen atoms in total. The number of halogens is 5. The Bertz CT molecular complexity index is 1090. The van der Waals surface area contributed by atoms with Gasteiger partial charge in [-0.25, -0.2) is 19.2 Å². The molecule has 3 aromatic heterocycles. The van der Waals surface area contributed by atoms with Crippen LogP contribution >= 0.6 is 11.6 Å². The molecule has 11 heteroatoms. The van der Waals surface area contributed by atoms with E-state index in [1.165, 1.54) is 10.6 Å². The van der Waals surface area contributed by atoms with Gasteiger partial charge in [0.25, 0.3) is 0 Å². The summed E-state index contributed by atoms with van der Waals surface area (Å²) in [6, 6.07) is 2.03. The Morgan fingerprint density at radius 1 is 1.32 bits per heavy atom. The van der Waals surface area contributed by atoms with E-state index in [2.05, 4.69) is 15.0 Å². The molecule has 1 aliphatic rings. The maximum Gasteiger partial charge on any atom is 0.417 e. The molecule has 1 saturated carbocycles. The lowest BCUT2D eigenvalue weighted by Gasteiger charge is -2.41. The molecular weight excluding hydrogens is 404 g/mol. The van der Waals surface area contributed by atoms with Crippen molar-refractivity contribution in [1.82, 2.24) is 19.5 Å². The molecule has 1 N–H and O–H groups in total. The fraction of sp³-hybridized carbons (Fsp3) is 0.294. The Morgan fingerprint density at radius 3 is 2.64 bits per heavy atom. The van der Waals surface area contributed by atoms with Crippen molar-refractivity contribution in [3.8, 4) is 11.1 Å². The first-order chi connectivity index (χ1) is 13.1. The standard InChI is InChI=1S/C17H11ClF4N4O2/c18-12-3-9(10-6-23-2-1-11(10)17(20,21)22)13-14(25-12)26(7-24-13)16(15(27)28)4-8(19)5-16/h1-3,6-8H,4-5H2,(H,27,28). The van der Waals surface area contributed by atoms with Gasteiger partial charge >= 0.3 is 12.1 Å². The Kier molecular flexibility index (Phi) is 4.07. The van der Waals surface area contributed by atoms with Gasteiger partial charge in [0.2, 0.25) is 0 Å². The summed E-state index contributed by atoms with van der Waals surface area (Å²) in [6.07, 6.45) is -3.36. The minimum atomic E-state index is -4.65. The fourth-order valence-corrected chi connectivity index (χ4v) is 3.67. The van der Waals surface area contributed by atoms with Gasteiger partial charge < -0.3 is 5.11 Å². The summed E-state index contributed by atoms with van der Waals surface area (Å²) in [7, 11) is 0. The number of aromatic nitrogens is 4. The number of carboxylic acids is 1. The van der Waals surface area contributed by atoms with E-state index in [4.69, 9.17) is 11.6 Å². The number of pyridine rings is 2. The van der Waals surface area contributed by atoms with Crippen LogP contribution in [-0.2, 0) is 16.5 Å². The largest absolute Gasteiger partial charge is 0.479 e. The third kappa shape index (κ3) is 2.70. The molecule has 0 amide bonds. The maximum atomic E-state index is 13.5. The van der Waals surface area contributed by atoms with Crippen LogP contribution in [-0.4, -0.2) is 36.8 Å². The summed E-state index contributed by atoms with van der Waals surface area (Å²) in [6.45, 7) is 0. The minimum absolute atomic E-state index is 0.00540. The summed E-state index contributed by atoms with van der Waals surface area (Å²) in [5.41, 5.74) is -2.83. The van der Waals surface area contributed by atoms with Crippen LogP contribution in [0, 0.1) is 0 Å². The van der Waals surface area contributed by atoms with E-state index in [1.807, 2.05) is 0 Å². The van der Waals surface area contributed by atoms with Crippen LogP contribution in [0.1, 0.15) is 18.4 Å². The number of alkyl halides is 4. The molecular formula is C17H11ClF4N4O2. The van der Waals surface area contributed by atoms with Crippen LogP contribution in [0.4, 0.5) is 17.6 Å². The SMILES string of the molecule is O=C(O)C1(n2cnc3c(-c4cnccc4C(F)(F)F)cc(Cl)nc32)CC(F)C1. The lowest BCUT2D eigenvalue weighted by molar-refractivity contribution is -0.156. The highest BCUT2D eigenvalue weighted by Gasteiger charge is 2.53. The van der Waals surface area contributed by atoms with E-state index >= 15 is 0 Å². The van der Waals surface area contributed by atoms with Crippen molar-refractivity contribution in [2.45, 2.75) is 30.7 Å². The normalized spacial score (nSPS) is 22.2. The average Bonchev–Trinajstić information content (AvgIpc) is 3.01. The highest BCUT2D eigenvalue weighted by Crippen LogP contribution is 2.45. The lowest BCUT2D eigenvalue weighted by atomic mass is 9.75. The summed E-state index contributed by atoms with van der Waals surface area (Å²) in [5.74, 6) is -1.28. The van der Waals surface area contributed by atoms with Crippen LogP contribution in [0.3, 0.4) is 0 Å². The zero-order chi connectivity index (χ0) is 20.3. The molecule has 0 spiro atoms. The second kappa shape index (κ2) is 6.13. The van der Waals surface area contributed by atoms with Gasteiger partial charge in [-0.3, -0.25) is 9.55 Å². The van der Waals surface area contributed by atoms with E-state index in [-0.39, 0.29) is 40.3 Å². The second-order valence-corrected chi connectivity index (χ2v) is 6.93. The first-order valence-corrected chi connectivity index (χ1v) is 8.44. The number of imidazole rings is 1. The van der Waals surface area contributed by atoms with Crippen LogP contribution < -0.4 is 0 Å². The van der Waals surface area contributed by atoms with Gasteiger partial charge in [-0.05, 0) is 12.1 Å². The van der Waals surface area contributed by atoms with Crippen molar-refractivity contribution >= 4 is 28.7 Å². The molecule has 3 aromatic rings. The number of rotatable bonds is 3. The highest BCUT2D eigenvalue weighted by atomic mass is 35.5. The average molecular weight is 415 g/mol. The molecule has 0 bridgehead atoms. The smallest absolute Gasteiger partial charge is 0.417 e. The molecule has 0 aliphatic heterocycles. The number of aliphatic carboxylic acids is 1. The van der Waals surface area contributed by atoms with Crippen molar-refractivity contribution in [3.63, 3.8) is 0 Å². The molecule has 28 heavy (non-hydrogen) atoms. The van der Waals surface area contributed by atoms with Gasteiger partial charge in [-0.1, -0.05) is 11.6 Å². The first kappa shape index (κ1) is 18.6. The molecule has 3 heterocycles. The van der Waals surface area contributed by atoms with Gasteiger partial charge in [0.05, 0.1) is 11.9 Å². The molecule has 146 valence electrons. The van der Waals surface area contributed by atoms with Crippen LogP contribution in [0.5, 0.6) is 0 Å². The Hall–Kier alpha value is -2.75. The molecule has 0 unspecified atom stereocenters. The van der Waals surface area contributed by atoms with E-state index in [9.17, 15) is 27.5 Å². The van der Waals surface area contributed by atoms with Gasteiger partial charge in [0.15, 0.2) is 5.65 Å². The predicted octanol–water partition coefficient (Wildman–Crippen LogP) is 4.08. The third-order valence-corrected chi connectivity index (χ3v) is 5.06. The van der Waals surface area contributed by atoms with Crippen LogP contribution in [0.2, 0.25) is 5.15 Å². The van der Waals surface area contributed by atoms with Crippen LogP contribution in [0.25, 0.3) is 22.3 Å². The van der Waals surface area contributed by atoms with Crippen molar-refractivity contribution in [2.24, 2.45) is 0 Å². The molecule has 1 fully saturated rings. The summed E-state index contributed by atoms with van der Waals surface area (Å²) in [4.78, 5) is 23.7.